The van der Waals surface area contributed by atoms with Crippen LogP contribution in [0.4, 0.5) is 5.00 Å². The summed E-state index contributed by atoms with van der Waals surface area (Å²) in [6.07, 6.45) is 4.61. The third-order valence-electron chi connectivity index (χ3n) is 3.12. The number of carbonyl (C=O) groups is 1. The first-order valence-corrected chi connectivity index (χ1v) is 7.52. The van der Waals surface area contributed by atoms with E-state index in [1.165, 1.54) is 17.7 Å². The first-order valence-electron chi connectivity index (χ1n) is 6.70. The second-order valence-corrected chi connectivity index (χ2v) is 5.81. The summed E-state index contributed by atoms with van der Waals surface area (Å²) in [5.41, 5.74) is 7.34. The van der Waals surface area contributed by atoms with Gasteiger partial charge in [0, 0.05) is 10.4 Å². The van der Waals surface area contributed by atoms with Crippen molar-refractivity contribution in [3.05, 3.63) is 52.4 Å². The van der Waals surface area contributed by atoms with Crippen molar-refractivity contribution in [1.29, 1.82) is 0 Å². The molecule has 0 saturated carbocycles. The normalized spacial score (nSPS) is 10.6. The van der Waals surface area contributed by atoms with Crippen LogP contribution < -0.4 is 5.73 Å². The number of hydrogen-bond donors (Lipinski definition) is 1. The Hall–Kier alpha value is -1.61. The van der Waals surface area contributed by atoms with E-state index in [-0.39, 0.29) is 5.78 Å². The zero-order valence-electron chi connectivity index (χ0n) is 11.2. The topological polar surface area (TPSA) is 43.1 Å². The van der Waals surface area contributed by atoms with Crippen LogP contribution in [0, 0.1) is 0 Å². The van der Waals surface area contributed by atoms with Gasteiger partial charge in [0.2, 0.25) is 0 Å². The standard InChI is InChI=1S/C16H19NOS/c1-2-3-5-10-13-11-14(16(17)19-13)15(18)12-8-6-4-7-9-12/h4,6-9,11H,2-3,5,10,17H2,1H3. The lowest BCUT2D eigenvalue weighted by Crippen LogP contribution is -2.02. The van der Waals surface area contributed by atoms with Crippen molar-refractivity contribution in [3.8, 4) is 0 Å². The molecule has 0 amide bonds. The predicted octanol–water partition coefficient (Wildman–Crippen LogP) is 4.29. The first-order chi connectivity index (χ1) is 9.22. The number of anilines is 1. The van der Waals surface area contributed by atoms with Crippen LogP contribution >= 0.6 is 11.3 Å². The van der Waals surface area contributed by atoms with E-state index in [1.807, 2.05) is 36.4 Å². The van der Waals surface area contributed by atoms with Crippen LogP contribution in [-0.2, 0) is 6.42 Å². The molecule has 0 bridgehead atoms. The van der Waals surface area contributed by atoms with E-state index in [0.717, 1.165) is 12.8 Å². The molecule has 0 atom stereocenters. The Balaban J connectivity index is 2.14. The molecule has 2 rings (SSSR count). The third-order valence-corrected chi connectivity index (χ3v) is 4.14. The Labute approximate surface area is 118 Å². The summed E-state index contributed by atoms with van der Waals surface area (Å²) in [4.78, 5) is 13.6. The molecule has 0 spiro atoms. The van der Waals surface area contributed by atoms with Crippen LogP contribution in [0.2, 0.25) is 0 Å². The number of benzene rings is 1. The third kappa shape index (κ3) is 3.44. The molecule has 0 saturated heterocycles. The lowest BCUT2D eigenvalue weighted by molar-refractivity contribution is 0.104. The Bertz CT molecular complexity index is 545. The molecule has 0 unspecified atom stereocenters. The summed E-state index contributed by atoms with van der Waals surface area (Å²) in [5, 5.41) is 0.639. The molecule has 2 aromatic rings. The van der Waals surface area contributed by atoms with Crippen LogP contribution in [0.15, 0.2) is 36.4 Å². The van der Waals surface area contributed by atoms with Crippen molar-refractivity contribution in [2.24, 2.45) is 0 Å². The van der Waals surface area contributed by atoms with E-state index in [2.05, 4.69) is 6.92 Å². The fourth-order valence-corrected chi connectivity index (χ4v) is 3.02. The Morgan fingerprint density at radius 1 is 1.21 bits per heavy atom. The highest BCUT2D eigenvalue weighted by Crippen LogP contribution is 2.28. The molecular weight excluding hydrogens is 254 g/mol. The molecule has 19 heavy (non-hydrogen) atoms. The SMILES string of the molecule is CCCCCc1cc(C(=O)c2ccccc2)c(N)s1. The zero-order valence-corrected chi connectivity index (χ0v) is 12.0. The van der Waals surface area contributed by atoms with E-state index in [4.69, 9.17) is 5.73 Å². The fourth-order valence-electron chi connectivity index (χ4n) is 2.05. The number of nitrogen functional groups attached to an aromatic ring is 1. The molecule has 1 aromatic heterocycles. The van der Waals surface area contributed by atoms with Crippen LogP contribution in [0.5, 0.6) is 0 Å². The van der Waals surface area contributed by atoms with Gasteiger partial charge in [-0.05, 0) is 18.9 Å². The van der Waals surface area contributed by atoms with Gasteiger partial charge in [0.05, 0.1) is 10.6 Å². The summed E-state index contributed by atoms with van der Waals surface area (Å²) in [5.74, 6) is 0.0242. The number of hydrogen-bond acceptors (Lipinski definition) is 3. The highest BCUT2D eigenvalue weighted by atomic mass is 32.1. The van der Waals surface area contributed by atoms with Gasteiger partial charge >= 0.3 is 0 Å². The smallest absolute Gasteiger partial charge is 0.195 e. The maximum Gasteiger partial charge on any atom is 0.195 e. The van der Waals surface area contributed by atoms with Crippen LogP contribution in [0.25, 0.3) is 0 Å². The van der Waals surface area contributed by atoms with Gasteiger partial charge in [-0.2, -0.15) is 0 Å². The summed E-state index contributed by atoms with van der Waals surface area (Å²) in [7, 11) is 0. The van der Waals surface area contributed by atoms with Gasteiger partial charge in [-0.25, -0.2) is 0 Å². The maximum absolute atomic E-state index is 12.3. The number of nitrogens with two attached hydrogens (primary N) is 1. The minimum absolute atomic E-state index is 0.0242. The number of carbonyl (C=O) groups excluding carboxylic acids is 1. The first kappa shape index (κ1) is 13.8. The Morgan fingerprint density at radius 2 is 1.95 bits per heavy atom. The monoisotopic (exact) mass is 273 g/mol. The van der Waals surface area contributed by atoms with E-state index >= 15 is 0 Å². The minimum atomic E-state index is 0.0242. The van der Waals surface area contributed by atoms with E-state index in [0.29, 0.717) is 16.1 Å². The second-order valence-electron chi connectivity index (χ2n) is 4.64. The molecule has 0 fully saturated rings. The summed E-state index contributed by atoms with van der Waals surface area (Å²) in [6.45, 7) is 2.19. The van der Waals surface area contributed by atoms with Crippen LogP contribution in [-0.4, -0.2) is 5.78 Å². The highest BCUT2D eigenvalue weighted by Gasteiger charge is 2.15. The molecule has 1 aromatic carbocycles. The molecule has 0 radical (unpaired) electrons. The van der Waals surface area contributed by atoms with Crippen molar-refractivity contribution >= 4 is 22.1 Å². The summed E-state index contributed by atoms with van der Waals surface area (Å²) >= 11 is 1.54. The highest BCUT2D eigenvalue weighted by molar-refractivity contribution is 7.16. The number of unbranched alkanes of at least 4 members (excludes halogenated alkanes) is 2. The van der Waals surface area contributed by atoms with Crippen LogP contribution in [0.3, 0.4) is 0 Å². The number of rotatable bonds is 6. The van der Waals surface area contributed by atoms with Gasteiger partial charge < -0.3 is 5.73 Å². The maximum atomic E-state index is 12.3. The fraction of sp³-hybridized carbons (Fsp3) is 0.312. The number of ketones is 1. The van der Waals surface area contributed by atoms with Gasteiger partial charge in [0.1, 0.15) is 0 Å². The van der Waals surface area contributed by atoms with Crippen molar-refractivity contribution < 1.29 is 4.79 Å². The van der Waals surface area contributed by atoms with Gasteiger partial charge in [0.15, 0.2) is 5.78 Å². The minimum Gasteiger partial charge on any atom is -0.390 e. The second kappa shape index (κ2) is 6.53. The molecular formula is C16H19NOS. The Kier molecular flexibility index (Phi) is 4.74. The molecule has 3 heteroatoms. The average Bonchev–Trinajstić information content (AvgIpc) is 2.80. The predicted molar refractivity (Wildman–Crippen MR) is 81.8 cm³/mol. The summed E-state index contributed by atoms with van der Waals surface area (Å²) in [6, 6.07) is 11.3. The van der Waals surface area contributed by atoms with Crippen molar-refractivity contribution in [2.75, 3.05) is 5.73 Å². The van der Waals surface area contributed by atoms with Crippen molar-refractivity contribution in [2.45, 2.75) is 32.6 Å². The van der Waals surface area contributed by atoms with Crippen molar-refractivity contribution in [3.63, 3.8) is 0 Å². The molecule has 100 valence electrons. The number of thiophene rings is 1. The van der Waals surface area contributed by atoms with E-state index in [9.17, 15) is 4.79 Å². The van der Waals surface area contributed by atoms with Gasteiger partial charge in [-0.15, -0.1) is 11.3 Å². The average molecular weight is 273 g/mol. The summed E-state index contributed by atoms with van der Waals surface area (Å²) < 4.78 is 0. The van der Waals surface area contributed by atoms with Crippen molar-refractivity contribution in [1.82, 2.24) is 0 Å². The lowest BCUT2D eigenvalue weighted by atomic mass is 10.0. The van der Waals surface area contributed by atoms with E-state index in [1.54, 1.807) is 11.3 Å². The lowest BCUT2D eigenvalue weighted by Gasteiger charge is -1.98. The Morgan fingerprint density at radius 3 is 2.63 bits per heavy atom. The van der Waals surface area contributed by atoms with E-state index < -0.39 is 0 Å². The van der Waals surface area contributed by atoms with Gasteiger partial charge in [-0.3, -0.25) is 4.79 Å². The molecule has 2 N–H and O–H groups in total. The quantitative estimate of drug-likeness (QED) is 0.630. The number of aryl methyl sites for hydroxylation is 1. The largest absolute Gasteiger partial charge is 0.390 e. The molecule has 0 aliphatic carbocycles. The molecule has 0 aliphatic rings. The zero-order chi connectivity index (χ0) is 13.7. The van der Waals surface area contributed by atoms with Gasteiger partial charge in [0.25, 0.3) is 0 Å². The molecule has 0 aliphatic heterocycles. The molecule has 1 heterocycles. The van der Waals surface area contributed by atoms with Crippen LogP contribution in [0.1, 0.15) is 47.0 Å². The molecule has 2 nitrogen and oxygen atoms in total. The van der Waals surface area contributed by atoms with Gasteiger partial charge in [-0.1, -0.05) is 50.1 Å².